The highest BCUT2D eigenvalue weighted by Gasteiger charge is 2.60. The summed E-state index contributed by atoms with van der Waals surface area (Å²) in [4.78, 5) is 31.9. The first-order valence-electron chi connectivity index (χ1n) is 17.2. The number of likely N-dealkylation sites (tertiary alicyclic amines) is 2. The molecular formula is C38H46N2O8. The number of Topliss-reactive ketones (excluding diaryl/α,β-unsaturated/α-hetero) is 2. The van der Waals surface area contributed by atoms with E-state index >= 15 is 0 Å². The number of phenols is 2. The van der Waals surface area contributed by atoms with E-state index in [-0.39, 0.29) is 53.4 Å². The van der Waals surface area contributed by atoms with Gasteiger partial charge in [0.05, 0.1) is 21.3 Å². The minimum atomic E-state index is -0.621. The van der Waals surface area contributed by atoms with Crippen LogP contribution in [0, 0.1) is 11.8 Å². The summed E-state index contributed by atoms with van der Waals surface area (Å²) in [5.74, 6) is 1.41. The molecule has 1 saturated carbocycles. The topological polar surface area (TPSA) is 118 Å². The number of aromatic hydroxyl groups is 2. The van der Waals surface area contributed by atoms with Crippen LogP contribution < -0.4 is 9.47 Å². The molecule has 6 aliphatic rings. The number of phenolic OH excluding ortho intramolecular Hbond substituents is 2. The Bertz CT molecular complexity index is 1770. The van der Waals surface area contributed by atoms with E-state index in [2.05, 4.69) is 23.9 Å². The van der Waals surface area contributed by atoms with E-state index in [4.69, 9.17) is 18.9 Å². The van der Waals surface area contributed by atoms with Crippen LogP contribution in [0.4, 0.5) is 0 Å². The van der Waals surface area contributed by atoms with Crippen molar-refractivity contribution in [3.8, 4) is 34.1 Å². The summed E-state index contributed by atoms with van der Waals surface area (Å²) < 4.78 is 23.0. The first kappa shape index (κ1) is 31.7. The Morgan fingerprint density at radius 1 is 0.771 bits per heavy atom. The minimum Gasteiger partial charge on any atom is -0.504 e. The molecule has 2 heterocycles. The summed E-state index contributed by atoms with van der Waals surface area (Å²) in [5, 5.41) is 24.0. The minimum absolute atomic E-state index is 0.0276. The number of methoxy groups -OCH3 is 4. The van der Waals surface area contributed by atoms with E-state index < -0.39 is 16.9 Å². The standard InChI is InChI=1S/C38H46N2O8/c1-39-9-7-37-17-27(41)29(45-3)15-23(37)25(39)11-21-19(13-31(47-5)35(43)33(21)37)20-14-32(48-6)36(44)34-22(20)12-26-24-16-30(46-4)28(42)18-38(24,34)8-10-40(26)2/h13-15,23-26,30,43-44H,7-12,16-18H2,1-6H3/t23-,24-,25-,26-,30+,37+,38+/m1/s1. The van der Waals surface area contributed by atoms with E-state index in [1.165, 1.54) is 0 Å². The Labute approximate surface area is 281 Å². The number of rotatable bonds is 5. The van der Waals surface area contributed by atoms with E-state index in [1.807, 2.05) is 18.2 Å². The third kappa shape index (κ3) is 4.02. The van der Waals surface area contributed by atoms with Crippen molar-refractivity contribution in [3.63, 3.8) is 0 Å². The SMILES string of the molecule is COC1=C[C@@H]2[C@H]3Cc4c(-c5cc(OC)c(O)c6c5C[C@@H]5[C@H]7C[C@H](OC)C(=O)C[C@]67CCN5C)cc(OC)c(O)c4[C@@]2(CCN3C)CC1=O. The molecule has 10 heteroatoms. The third-order valence-electron chi connectivity index (χ3n) is 13.4. The van der Waals surface area contributed by atoms with E-state index in [0.717, 1.165) is 52.9 Å². The molecule has 2 aliphatic heterocycles. The van der Waals surface area contributed by atoms with Gasteiger partial charge in [-0.2, -0.15) is 0 Å². The molecule has 0 aromatic heterocycles. The normalized spacial score (nSPS) is 34.0. The number of hydrogen-bond donors (Lipinski definition) is 2. The number of nitrogens with zero attached hydrogens (tertiary/aromatic N) is 2. The van der Waals surface area contributed by atoms with Gasteiger partial charge in [0.15, 0.2) is 40.3 Å². The van der Waals surface area contributed by atoms with Crippen LogP contribution in [0.1, 0.15) is 54.4 Å². The Morgan fingerprint density at radius 3 is 1.92 bits per heavy atom. The van der Waals surface area contributed by atoms with Gasteiger partial charge >= 0.3 is 0 Å². The highest BCUT2D eigenvalue weighted by atomic mass is 16.5. The summed E-state index contributed by atoms with van der Waals surface area (Å²) in [7, 11) is 10.6. The summed E-state index contributed by atoms with van der Waals surface area (Å²) in [6.07, 6.45) is 5.47. The van der Waals surface area contributed by atoms with Crippen LogP contribution in [0.15, 0.2) is 24.0 Å². The van der Waals surface area contributed by atoms with Crippen LogP contribution in [0.25, 0.3) is 11.1 Å². The fraction of sp³-hybridized carbons (Fsp3) is 0.579. The second-order valence-corrected chi connectivity index (χ2v) is 15.0. The van der Waals surface area contributed by atoms with Crippen molar-refractivity contribution >= 4 is 11.6 Å². The van der Waals surface area contributed by atoms with Gasteiger partial charge in [0.25, 0.3) is 0 Å². The van der Waals surface area contributed by atoms with Crippen LogP contribution in [0.2, 0.25) is 0 Å². The molecule has 0 unspecified atom stereocenters. The molecule has 7 atom stereocenters. The molecule has 256 valence electrons. The lowest BCUT2D eigenvalue weighted by Crippen LogP contribution is -2.63. The lowest BCUT2D eigenvalue weighted by molar-refractivity contribution is -0.141. The largest absolute Gasteiger partial charge is 0.504 e. The van der Waals surface area contributed by atoms with Crippen molar-refractivity contribution in [2.45, 2.75) is 74.0 Å². The van der Waals surface area contributed by atoms with Gasteiger partial charge in [-0.1, -0.05) is 0 Å². The highest BCUT2D eigenvalue weighted by molar-refractivity contribution is 5.96. The summed E-state index contributed by atoms with van der Waals surface area (Å²) >= 11 is 0. The molecule has 4 aliphatic carbocycles. The van der Waals surface area contributed by atoms with E-state index in [1.54, 1.807) is 28.4 Å². The Kier molecular flexibility index (Phi) is 7.22. The number of carbonyl (C=O) groups excluding carboxylic acids is 2. The molecule has 8 rings (SSSR count). The van der Waals surface area contributed by atoms with Gasteiger partial charge in [0.2, 0.25) is 0 Å². The molecular weight excluding hydrogens is 612 g/mol. The van der Waals surface area contributed by atoms with Crippen molar-refractivity contribution in [2.75, 3.05) is 55.6 Å². The number of ketones is 2. The summed E-state index contributed by atoms with van der Waals surface area (Å²) in [6, 6.07) is 4.08. The van der Waals surface area contributed by atoms with Crippen molar-refractivity contribution < 1.29 is 38.7 Å². The molecule has 3 fully saturated rings. The first-order chi connectivity index (χ1) is 23.0. The Morgan fingerprint density at radius 2 is 1.33 bits per heavy atom. The van der Waals surface area contributed by atoms with E-state index in [9.17, 15) is 19.8 Å². The number of piperidine rings is 2. The average Bonchev–Trinajstić information content (AvgIpc) is 3.07. The van der Waals surface area contributed by atoms with Crippen LogP contribution in [-0.4, -0.2) is 105 Å². The second kappa shape index (κ2) is 11.0. The number of ether oxygens (including phenoxy) is 4. The molecule has 10 nitrogen and oxygen atoms in total. The second-order valence-electron chi connectivity index (χ2n) is 15.0. The van der Waals surface area contributed by atoms with Gasteiger partial charge in [-0.05, 0) is 106 Å². The zero-order valence-electron chi connectivity index (χ0n) is 28.7. The van der Waals surface area contributed by atoms with E-state index in [0.29, 0.717) is 49.4 Å². The molecule has 2 aromatic rings. The quantitative estimate of drug-likeness (QED) is 0.490. The number of fused-ring (bicyclic) bond motifs is 2. The van der Waals surface area contributed by atoms with Crippen molar-refractivity contribution in [1.82, 2.24) is 9.80 Å². The van der Waals surface area contributed by atoms with Crippen LogP contribution >= 0.6 is 0 Å². The van der Waals surface area contributed by atoms with Gasteiger partial charge < -0.3 is 39.0 Å². The molecule has 0 amide bonds. The number of hydrogen-bond acceptors (Lipinski definition) is 10. The summed E-state index contributed by atoms with van der Waals surface area (Å²) in [5.41, 5.74) is 4.27. The van der Waals surface area contributed by atoms with Crippen molar-refractivity contribution in [2.24, 2.45) is 11.8 Å². The molecule has 4 bridgehead atoms. The van der Waals surface area contributed by atoms with Gasteiger partial charge in [0, 0.05) is 59.9 Å². The Balaban J connectivity index is 1.42. The highest BCUT2D eigenvalue weighted by Crippen LogP contribution is 2.63. The van der Waals surface area contributed by atoms with Crippen molar-refractivity contribution in [1.29, 1.82) is 0 Å². The molecule has 0 spiro atoms. The van der Waals surface area contributed by atoms with Gasteiger partial charge in [-0.3, -0.25) is 9.59 Å². The first-order valence-corrected chi connectivity index (χ1v) is 17.2. The lowest BCUT2D eigenvalue weighted by atomic mass is 9.50. The summed E-state index contributed by atoms with van der Waals surface area (Å²) in [6.45, 7) is 1.62. The number of carbonyl (C=O) groups is 2. The molecule has 2 aromatic carbocycles. The monoisotopic (exact) mass is 658 g/mol. The average molecular weight is 659 g/mol. The number of allylic oxidation sites excluding steroid dienone is 1. The molecule has 0 radical (unpaired) electrons. The predicted molar refractivity (Wildman–Crippen MR) is 178 cm³/mol. The number of benzene rings is 2. The maximum Gasteiger partial charge on any atom is 0.197 e. The van der Waals surface area contributed by atoms with Gasteiger partial charge in [0.1, 0.15) is 6.10 Å². The zero-order valence-corrected chi connectivity index (χ0v) is 28.7. The fourth-order valence-corrected chi connectivity index (χ4v) is 11.1. The van der Waals surface area contributed by atoms with Crippen LogP contribution in [0.5, 0.6) is 23.0 Å². The van der Waals surface area contributed by atoms with Crippen LogP contribution in [-0.2, 0) is 42.7 Å². The third-order valence-corrected chi connectivity index (χ3v) is 13.4. The molecule has 48 heavy (non-hydrogen) atoms. The smallest absolute Gasteiger partial charge is 0.197 e. The van der Waals surface area contributed by atoms with Gasteiger partial charge in [-0.25, -0.2) is 0 Å². The maximum atomic E-state index is 13.6. The lowest BCUT2D eigenvalue weighted by Gasteiger charge is -2.59. The van der Waals surface area contributed by atoms with Crippen molar-refractivity contribution in [3.05, 3.63) is 46.2 Å². The van der Waals surface area contributed by atoms with Gasteiger partial charge in [-0.15, -0.1) is 0 Å². The maximum absolute atomic E-state index is 13.6. The molecule has 2 saturated heterocycles. The van der Waals surface area contributed by atoms with Crippen LogP contribution in [0.3, 0.4) is 0 Å². The predicted octanol–water partition coefficient (Wildman–Crippen LogP) is 3.89. The molecule has 2 N–H and O–H groups in total. The Hall–Kier alpha value is -3.60. The fourth-order valence-electron chi connectivity index (χ4n) is 11.1. The number of likely N-dealkylation sites (N-methyl/N-ethyl adjacent to an activating group) is 2. The zero-order chi connectivity index (χ0) is 33.9.